The molecule has 8 heteroatoms. The molecule has 0 aliphatic heterocycles. The Labute approximate surface area is 297 Å². The zero-order valence-corrected chi connectivity index (χ0v) is 32.9. The largest absolute Gasteiger partial charge is 0.756 e. The second-order valence-corrected chi connectivity index (χ2v) is 16.7. The average molecular weight is 698 g/mol. The van der Waals surface area contributed by atoms with Gasteiger partial charge in [-0.1, -0.05) is 153 Å². The van der Waals surface area contributed by atoms with E-state index in [9.17, 15) is 9.46 Å². The number of quaternary nitrogens is 1. The summed E-state index contributed by atoms with van der Waals surface area (Å²) in [7, 11) is 2.32. The number of phosphoric acid groups is 1. The fourth-order valence-electron chi connectivity index (χ4n) is 5.81. The van der Waals surface area contributed by atoms with E-state index in [0.29, 0.717) is 26.2 Å². The summed E-state index contributed by atoms with van der Waals surface area (Å²) in [4.78, 5) is 12.4. The van der Waals surface area contributed by atoms with Gasteiger partial charge in [0.05, 0.1) is 54.1 Å². The van der Waals surface area contributed by atoms with E-state index in [1.165, 1.54) is 109 Å². The van der Waals surface area contributed by atoms with Crippen LogP contribution in [0.5, 0.6) is 0 Å². The maximum Gasteiger partial charge on any atom is 0.267 e. The van der Waals surface area contributed by atoms with Gasteiger partial charge in [0.15, 0.2) is 0 Å². The summed E-state index contributed by atoms with van der Waals surface area (Å²) in [6.45, 7) is 7.21. The summed E-state index contributed by atoms with van der Waals surface area (Å²) in [6.07, 6.45) is 25.7. The van der Waals surface area contributed by atoms with Gasteiger partial charge in [0.1, 0.15) is 6.10 Å². The zero-order valence-electron chi connectivity index (χ0n) is 32.0. The predicted molar refractivity (Wildman–Crippen MR) is 200 cm³/mol. The maximum atomic E-state index is 12.4. The second-order valence-electron chi connectivity index (χ2n) is 15.3. The molecule has 0 heterocycles. The van der Waals surface area contributed by atoms with E-state index in [-0.39, 0.29) is 13.2 Å². The summed E-state index contributed by atoms with van der Waals surface area (Å²) in [5.74, 6) is 0.844. The molecule has 0 aromatic heterocycles. The maximum absolute atomic E-state index is 12.4. The molecule has 0 spiro atoms. The average Bonchev–Trinajstić information content (AvgIpc) is 3.04. The molecule has 0 amide bonds. The van der Waals surface area contributed by atoms with Crippen molar-refractivity contribution in [2.24, 2.45) is 5.92 Å². The first kappa shape index (κ1) is 45.2. The molecule has 0 saturated heterocycles. The minimum Gasteiger partial charge on any atom is -0.756 e. The molecule has 2 unspecified atom stereocenters. The lowest BCUT2D eigenvalue weighted by atomic mass is 10.0. The Kier molecular flexibility index (Phi) is 28.2. The molecular weight excluding hydrogens is 621 g/mol. The third-order valence-electron chi connectivity index (χ3n) is 8.84. The van der Waals surface area contributed by atoms with Gasteiger partial charge in [0.2, 0.25) is 0 Å². The Bertz CT molecular complexity index is 878. The number of rotatable bonds is 35. The molecule has 1 rings (SSSR count). The van der Waals surface area contributed by atoms with E-state index >= 15 is 0 Å². The molecule has 282 valence electrons. The minimum atomic E-state index is -4.40. The van der Waals surface area contributed by atoms with Gasteiger partial charge in [0, 0.05) is 6.61 Å². The van der Waals surface area contributed by atoms with Crippen molar-refractivity contribution in [1.29, 1.82) is 0 Å². The molecule has 0 N–H and O–H groups in total. The van der Waals surface area contributed by atoms with Crippen molar-refractivity contribution in [2.75, 3.05) is 54.1 Å². The van der Waals surface area contributed by atoms with Gasteiger partial charge < -0.3 is 27.9 Å². The van der Waals surface area contributed by atoms with E-state index in [1.54, 1.807) is 0 Å². The number of phosphoric ester groups is 1. The zero-order chi connectivity index (χ0) is 35.2. The van der Waals surface area contributed by atoms with Gasteiger partial charge >= 0.3 is 0 Å². The first-order chi connectivity index (χ1) is 23.1. The molecule has 0 radical (unpaired) electrons. The van der Waals surface area contributed by atoms with Crippen molar-refractivity contribution >= 4 is 7.82 Å². The molecule has 48 heavy (non-hydrogen) atoms. The third kappa shape index (κ3) is 31.2. The van der Waals surface area contributed by atoms with Gasteiger partial charge in [0.25, 0.3) is 7.82 Å². The van der Waals surface area contributed by atoms with Gasteiger partial charge in [-0.25, -0.2) is 0 Å². The van der Waals surface area contributed by atoms with E-state index in [4.69, 9.17) is 18.5 Å². The van der Waals surface area contributed by atoms with Crippen LogP contribution in [0.15, 0.2) is 30.3 Å². The third-order valence-corrected chi connectivity index (χ3v) is 9.81. The van der Waals surface area contributed by atoms with Gasteiger partial charge in [-0.05, 0) is 37.2 Å². The molecule has 0 aliphatic carbocycles. The van der Waals surface area contributed by atoms with Gasteiger partial charge in [-0.2, -0.15) is 0 Å². The molecule has 0 bridgehead atoms. The lowest BCUT2D eigenvalue weighted by molar-refractivity contribution is -0.870. The molecule has 0 saturated carbocycles. The molecule has 7 nitrogen and oxygen atoms in total. The summed E-state index contributed by atoms with van der Waals surface area (Å²) in [5.41, 5.74) is 1.02. The van der Waals surface area contributed by atoms with Gasteiger partial charge in [-0.3, -0.25) is 4.57 Å². The van der Waals surface area contributed by atoms with Crippen molar-refractivity contribution in [2.45, 2.75) is 161 Å². The summed E-state index contributed by atoms with van der Waals surface area (Å²) >= 11 is 0. The van der Waals surface area contributed by atoms with Crippen LogP contribution in [0.4, 0.5) is 0 Å². The first-order valence-electron chi connectivity index (χ1n) is 19.7. The molecular formula is C40H76NO6P. The summed E-state index contributed by atoms with van der Waals surface area (Å²) in [5, 5.41) is 0. The van der Waals surface area contributed by atoms with Crippen LogP contribution < -0.4 is 4.89 Å². The molecule has 1 aromatic carbocycles. The number of benzene rings is 1. The van der Waals surface area contributed by atoms with Crippen LogP contribution in [-0.4, -0.2) is 64.7 Å². The van der Waals surface area contributed by atoms with Crippen molar-refractivity contribution in [1.82, 2.24) is 0 Å². The monoisotopic (exact) mass is 698 g/mol. The molecule has 1 aromatic rings. The number of hydrogen-bond acceptors (Lipinski definition) is 6. The minimum absolute atomic E-state index is 0.111. The normalized spacial score (nSPS) is 14.1. The smallest absolute Gasteiger partial charge is 0.267 e. The Morgan fingerprint density at radius 2 is 1.10 bits per heavy atom. The second kappa shape index (κ2) is 29.9. The first-order valence-corrected chi connectivity index (χ1v) is 21.2. The topological polar surface area (TPSA) is 77.1 Å². The SMILES string of the molecule is CC(C)CCCCCCCCCCCCCCOCC(COP(=O)([O-])OCCCCCCCCCC[N+](C)(C)C)OCc1ccccc1. The standard InChI is InChI=1S/C40H76NO6P/c1-38(2)29-23-18-14-10-8-6-7-9-12-16-20-27-33-44-36-40(45-35-39-30-24-22-25-31-39)37-47-48(42,43)46-34-28-21-17-13-11-15-19-26-32-41(3,4)5/h22,24-25,30-31,38,40H,6-21,23,26-29,32-37H2,1-5H3. The van der Waals surface area contributed by atoms with Crippen LogP contribution in [0.3, 0.4) is 0 Å². The van der Waals surface area contributed by atoms with Gasteiger partial charge in [-0.15, -0.1) is 0 Å². The van der Waals surface area contributed by atoms with Crippen LogP contribution in [0.2, 0.25) is 0 Å². The Hall–Kier alpha value is -0.790. The Morgan fingerprint density at radius 3 is 1.62 bits per heavy atom. The Morgan fingerprint density at radius 1 is 0.625 bits per heavy atom. The van der Waals surface area contributed by atoms with E-state index in [0.717, 1.165) is 41.6 Å². The van der Waals surface area contributed by atoms with E-state index < -0.39 is 13.9 Å². The fourth-order valence-corrected chi connectivity index (χ4v) is 6.58. The van der Waals surface area contributed by atoms with Crippen LogP contribution in [-0.2, 0) is 29.7 Å². The van der Waals surface area contributed by atoms with E-state index in [1.807, 2.05) is 30.3 Å². The highest BCUT2D eigenvalue weighted by Crippen LogP contribution is 2.38. The summed E-state index contributed by atoms with van der Waals surface area (Å²) < 4.78 is 35.8. The van der Waals surface area contributed by atoms with Crippen molar-refractivity contribution in [3.05, 3.63) is 35.9 Å². The highest BCUT2D eigenvalue weighted by atomic mass is 31.2. The highest BCUT2D eigenvalue weighted by Gasteiger charge is 2.16. The van der Waals surface area contributed by atoms with Crippen molar-refractivity contribution in [3.63, 3.8) is 0 Å². The lowest BCUT2D eigenvalue weighted by Crippen LogP contribution is -2.35. The number of nitrogens with zero attached hydrogens (tertiary/aromatic N) is 1. The molecule has 0 fully saturated rings. The number of unbranched alkanes of at least 4 members (excludes halogenated alkanes) is 18. The van der Waals surface area contributed by atoms with Crippen molar-refractivity contribution in [3.8, 4) is 0 Å². The number of ether oxygens (including phenoxy) is 2. The Balaban J connectivity index is 2.15. The van der Waals surface area contributed by atoms with Crippen LogP contribution in [0.25, 0.3) is 0 Å². The predicted octanol–water partition coefficient (Wildman–Crippen LogP) is 10.6. The van der Waals surface area contributed by atoms with Crippen molar-refractivity contribution < 1.29 is 32.5 Å². The summed E-state index contributed by atoms with van der Waals surface area (Å²) in [6, 6.07) is 9.86. The quantitative estimate of drug-likeness (QED) is 0.0399. The molecule has 0 aliphatic rings. The van der Waals surface area contributed by atoms with E-state index in [2.05, 4.69) is 35.0 Å². The van der Waals surface area contributed by atoms with Crippen LogP contribution in [0.1, 0.15) is 154 Å². The van der Waals surface area contributed by atoms with Crippen LogP contribution >= 0.6 is 7.82 Å². The molecule has 2 atom stereocenters. The van der Waals surface area contributed by atoms with Crippen LogP contribution in [0, 0.1) is 5.92 Å². The highest BCUT2D eigenvalue weighted by molar-refractivity contribution is 7.45. The number of hydrogen-bond donors (Lipinski definition) is 0. The lowest BCUT2D eigenvalue weighted by Gasteiger charge is -2.26. The fraction of sp³-hybridized carbons (Fsp3) is 0.850.